The van der Waals surface area contributed by atoms with Crippen molar-refractivity contribution in [3.8, 4) is 11.1 Å². The second-order valence-corrected chi connectivity index (χ2v) is 8.30. The van der Waals surface area contributed by atoms with E-state index in [4.69, 9.17) is 14.6 Å². The van der Waals surface area contributed by atoms with Gasteiger partial charge in [0, 0.05) is 25.5 Å². The van der Waals surface area contributed by atoms with Crippen molar-refractivity contribution in [2.75, 3.05) is 19.8 Å². The number of aliphatic carboxylic acids is 1. The van der Waals surface area contributed by atoms with Crippen LogP contribution in [0, 0.1) is 0 Å². The zero-order chi connectivity index (χ0) is 23.2. The molecular formula is C25H28N2O6. The molecule has 1 heterocycles. The summed E-state index contributed by atoms with van der Waals surface area (Å²) in [5.74, 6) is -1.20. The van der Waals surface area contributed by atoms with E-state index in [1.807, 2.05) is 24.3 Å². The SMILES string of the molecule is O=C(O)CCCCNC(=O)[C@@H]1OCC[C@@H]1NC(=O)OCC1c2ccccc2-c2ccccc21. The molecule has 4 rings (SSSR count). The first kappa shape index (κ1) is 22.8. The number of carboxylic acid groups (broad SMARTS) is 1. The smallest absolute Gasteiger partial charge is 0.407 e. The third-order valence-corrected chi connectivity index (χ3v) is 6.11. The van der Waals surface area contributed by atoms with Crippen molar-refractivity contribution in [3.05, 3.63) is 59.7 Å². The number of unbranched alkanes of at least 4 members (excludes halogenated alkanes) is 1. The summed E-state index contributed by atoms with van der Waals surface area (Å²) >= 11 is 0. The van der Waals surface area contributed by atoms with Crippen molar-refractivity contribution >= 4 is 18.0 Å². The number of nitrogens with one attached hydrogen (secondary N) is 2. The number of hydrogen-bond donors (Lipinski definition) is 3. The van der Waals surface area contributed by atoms with Crippen LogP contribution in [0.25, 0.3) is 11.1 Å². The fraction of sp³-hybridized carbons (Fsp3) is 0.400. The van der Waals surface area contributed by atoms with Crippen LogP contribution in [-0.2, 0) is 19.1 Å². The number of carboxylic acids is 1. The van der Waals surface area contributed by atoms with E-state index in [9.17, 15) is 14.4 Å². The zero-order valence-corrected chi connectivity index (χ0v) is 18.3. The van der Waals surface area contributed by atoms with E-state index < -0.39 is 24.2 Å². The quantitative estimate of drug-likeness (QED) is 0.504. The number of carbonyl (C=O) groups is 3. The molecule has 8 nitrogen and oxygen atoms in total. The van der Waals surface area contributed by atoms with E-state index in [0.717, 1.165) is 22.3 Å². The highest BCUT2D eigenvalue weighted by Crippen LogP contribution is 2.44. The molecule has 1 saturated heterocycles. The number of fused-ring (bicyclic) bond motifs is 3. The fourth-order valence-corrected chi connectivity index (χ4v) is 4.50. The summed E-state index contributed by atoms with van der Waals surface area (Å²) in [6, 6.07) is 15.8. The third kappa shape index (κ3) is 5.34. The van der Waals surface area contributed by atoms with Crippen molar-refractivity contribution in [2.45, 2.75) is 43.7 Å². The lowest BCUT2D eigenvalue weighted by atomic mass is 9.98. The van der Waals surface area contributed by atoms with E-state index in [-0.39, 0.29) is 24.9 Å². The van der Waals surface area contributed by atoms with Gasteiger partial charge in [0.05, 0.1) is 6.04 Å². The van der Waals surface area contributed by atoms with Crippen LogP contribution in [0.1, 0.15) is 42.7 Å². The molecular weight excluding hydrogens is 424 g/mol. The lowest BCUT2D eigenvalue weighted by Crippen LogP contribution is -2.48. The first-order valence-electron chi connectivity index (χ1n) is 11.3. The second kappa shape index (κ2) is 10.5. The Morgan fingerprint density at radius 3 is 2.33 bits per heavy atom. The molecule has 0 spiro atoms. The van der Waals surface area contributed by atoms with Crippen LogP contribution >= 0.6 is 0 Å². The van der Waals surface area contributed by atoms with Crippen molar-refractivity contribution in [3.63, 3.8) is 0 Å². The molecule has 0 unspecified atom stereocenters. The van der Waals surface area contributed by atoms with Crippen LogP contribution < -0.4 is 10.6 Å². The molecule has 2 aliphatic rings. The Labute approximate surface area is 192 Å². The molecule has 174 valence electrons. The van der Waals surface area contributed by atoms with Gasteiger partial charge in [0.1, 0.15) is 6.61 Å². The maximum absolute atomic E-state index is 12.5. The molecule has 2 aromatic rings. The minimum absolute atomic E-state index is 0.0344. The van der Waals surface area contributed by atoms with E-state index in [1.165, 1.54) is 0 Å². The Balaban J connectivity index is 1.28. The second-order valence-electron chi connectivity index (χ2n) is 8.30. The highest BCUT2D eigenvalue weighted by Gasteiger charge is 2.36. The van der Waals surface area contributed by atoms with Crippen molar-refractivity contribution in [1.82, 2.24) is 10.6 Å². The Bertz CT molecular complexity index is 978. The van der Waals surface area contributed by atoms with Crippen molar-refractivity contribution in [2.24, 2.45) is 0 Å². The Hall–Kier alpha value is -3.39. The molecule has 2 amide bonds. The van der Waals surface area contributed by atoms with Crippen LogP contribution in [0.4, 0.5) is 4.79 Å². The first-order valence-corrected chi connectivity index (χ1v) is 11.3. The van der Waals surface area contributed by atoms with Gasteiger partial charge in [0.25, 0.3) is 5.91 Å². The largest absolute Gasteiger partial charge is 0.481 e. The van der Waals surface area contributed by atoms with Gasteiger partial charge in [0.15, 0.2) is 6.10 Å². The van der Waals surface area contributed by atoms with E-state index in [0.29, 0.717) is 32.4 Å². The molecule has 0 saturated carbocycles. The van der Waals surface area contributed by atoms with Gasteiger partial charge >= 0.3 is 12.1 Å². The summed E-state index contributed by atoms with van der Waals surface area (Å²) in [6.45, 7) is 0.933. The summed E-state index contributed by atoms with van der Waals surface area (Å²) in [7, 11) is 0. The van der Waals surface area contributed by atoms with Gasteiger partial charge in [0.2, 0.25) is 0 Å². The van der Waals surface area contributed by atoms with Crippen LogP contribution in [0.2, 0.25) is 0 Å². The summed E-state index contributed by atoms with van der Waals surface area (Å²) in [5.41, 5.74) is 4.59. The van der Waals surface area contributed by atoms with E-state index in [2.05, 4.69) is 34.9 Å². The summed E-state index contributed by atoms with van der Waals surface area (Å²) in [5, 5.41) is 14.2. The van der Waals surface area contributed by atoms with Crippen LogP contribution in [-0.4, -0.2) is 55.0 Å². The molecule has 3 N–H and O–H groups in total. The topological polar surface area (TPSA) is 114 Å². The molecule has 1 fully saturated rings. The summed E-state index contributed by atoms with van der Waals surface area (Å²) in [4.78, 5) is 35.5. The maximum Gasteiger partial charge on any atom is 0.407 e. The zero-order valence-electron chi connectivity index (χ0n) is 18.3. The molecule has 0 radical (unpaired) electrons. The Morgan fingerprint density at radius 1 is 1.00 bits per heavy atom. The van der Waals surface area contributed by atoms with Gasteiger partial charge in [-0.15, -0.1) is 0 Å². The fourth-order valence-electron chi connectivity index (χ4n) is 4.50. The molecule has 2 atom stereocenters. The minimum atomic E-state index is -0.854. The number of alkyl carbamates (subject to hydrolysis) is 1. The normalized spacial score (nSPS) is 18.9. The molecule has 0 bridgehead atoms. The average molecular weight is 453 g/mol. The summed E-state index contributed by atoms with van der Waals surface area (Å²) in [6.07, 6.45) is 0.275. The number of carbonyl (C=O) groups excluding carboxylic acids is 2. The maximum atomic E-state index is 12.5. The van der Waals surface area contributed by atoms with Gasteiger partial charge < -0.3 is 25.2 Å². The molecule has 1 aliphatic heterocycles. The predicted octanol–water partition coefficient (Wildman–Crippen LogP) is 3.05. The lowest BCUT2D eigenvalue weighted by molar-refractivity contribution is -0.137. The van der Waals surface area contributed by atoms with Crippen LogP contribution in [0.15, 0.2) is 48.5 Å². The van der Waals surface area contributed by atoms with Gasteiger partial charge in [-0.3, -0.25) is 9.59 Å². The third-order valence-electron chi connectivity index (χ3n) is 6.11. The standard InChI is InChI=1S/C25H28N2O6/c28-22(29)11-5-6-13-26-24(30)23-21(12-14-32-23)27-25(31)33-15-20-18-9-3-1-7-16(18)17-8-2-4-10-19(17)20/h1-4,7-10,20-21,23H,5-6,11-15H2,(H,26,30)(H,27,31)(H,28,29)/t21-,23+/m0/s1. The molecule has 33 heavy (non-hydrogen) atoms. The van der Waals surface area contributed by atoms with Crippen molar-refractivity contribution in [1.29, 1.82) is 0 Å². The highest BCUT2D eigenvalue weighted by atomic mass is 16.6. The van der Waals surface area contributed by atoms with Gasteiger partial charge in [-0.1, -0.05) is 48.5 Å². The molecule has 1 aliphatic carbocycles. The number of hydrogen-bond acceptors (Lipinski definition) is 5. The number of rotatable bonds is 9. The number of amides is 2. The average Bonchev–Trinajstić information content (AvgIpc) is 3.39. The van der Waals surface area contributed by atoms with E-state index >= 15 is 0 Å². The summed E-state index contributed by atoms with van der Waals surface area (Å²) < 4.78 is 11.1. The number of benzene rings is 2. The molecule has 2 aromatic carbocycles. The van der Waals surface area contributed by atoms with E-state index in [1.54, 1.807) is 0 Å². The van der Waals surface area contributed by atoms with Crippen LogP contribution in [0.3, 0.4) is 0 Å². The number of ether oxygens (including phenoxy) is 2. The monoisotopic (exact) mass is 452 g/mol. The van der Waals surface area contributed by atoms with Crippen molar-refractivity contribution < 1.29 is 29.0 Å². The highest BCUT2D eigenvalue weighted by molar-refractivity contribution is 5.83. The molecule has 8 heteroatoms. The first-order chi connectivity index (χ1) is 16.0. The van der Waals surface area contributed by atoms with Crippen LogP contribution in [0.5, 0.6) is 0 Å². The Morgan fingerprint density at radius 2 is 1.67 bits per heavy atom. The predicted molar refractivity (Wildman–Crippen MR) is 121 cm³/mol. The minimum Gasteiger partial charge on any atom is -0.481 e. The molecule has 0 aromatic heterocycles. The Kier molecular flexibility index (Phi) is 7.24. The van der Waals surface area contributed by atoms with Gasteiger partial charge in [-0.25, -0.2) is 4.79 Å². The van der Waals surface area contributed by atoms with Gasteiger partial charge in [-0.05, 0) is 41.5 Å². The van der Waals surface area contributed by atoms with Gasteiger partial charge in [-0.2, -0.15) is 0 Å². The lowest BCUT2D eigenvalue weighted by Gasteiger charge is -2.20.